The fraction of sp³-hybridized carbons (Fsp3) is 0.667. The lowest BCUT2D eigenvalue weighted by atomic mass is 10.3. The second-order valence-corrected chi connectivity index (χ2v) is 4.41. The molecule has 0 aliphatic carbocycles. The van der Waals surface area contributed by atoms with Gasteiger partial charge in [-0.1, -0.05) is 0 Å². The minimum Gasteiger partial charge on any atom is -0.316 e. The lowest BCUT2D eigenvalue weighted by Gasteiger charge is -2.13. The quantitative estimate of drug-likeness (QED) is 0.781. The molecular weight excluding hydrogens is 182 g/mol. The van der Waals surface area contributed by atoms with E-state index in [4.69, 9.17) is 0 Å². The lowest BCUT2D eigenvalue weighted by Crippen LogP contribution is -2.29. The number of likely N-dealkylation sites (N-methyl/N-ethyl adjacent to an activating group) is 1. The normalized spacial score (nSPS) is 23.9. The van der Waals surface area contributed by atoms with Crippen molar-refractivity contribution in [1.29, 1.82) is 0 Å². The lowest BCUT2D eigenvalue weighted by molar-refractivity contribution is 0.322. The van der Waals surface area contributed by atoms with Crippen LogP contribution >= 0.6 is 11.3 Å². The molecule has 0 bridgehead atoms. The standard InChI is InChI=1S/C9H15N3S/c1-10-8-2-4-12(6-8)7-9-11-3-5-13-9/h3,5,8,10H,2,4,6-7H2,1H3. The van der Waals surface area contributed by atoms with Crippen molar-refractivity contribution in [1.82, 2.24) is 15.2 Å². The summed E-state index contributed by atoms with van der Waals surface area (Å²) in [6.45, 7) is 3.39. The Kier molecular flexibility index (Phi) is 2.93. The molecule has 0 radical (unpaired) electrons. The molecule has 1 aliphatic rings. The number of aromatic nitrogens is 1. The number of nitrogens with one attached hydrogen (secondary N) is 1. The monoisotopic (exact) mass is 197 g/mol. The molecule has 2 heterocycles. The Morgan fingerprint density at radius 3 is 3.31 bits per heavy atom. The van der Waals surface area contributed by atoms with Crippen molar-refractivity contribution in [3.8, 4) is 0 Å². The van der Waals surface area contributed by atoms with Gasteiger partial charge in [-0.25, -0.2) is 4.98 Å². The molecule has 4 heteroatoms. The van der Waals surface area contributed by atoms with Crippen LogP contribution in [0.15, 0.2) is 11.6 Å². The molecular formula is C9H15N3S. The predicted molar refractivity (Wildman–Crippen MR) is 54.9 cm³/mol. The second kappa shape index (κ2) is 4.17. The van der Waals surface area contributed by atoms with Crippen LogP contribution in [0, 0.1) is 0 Å². The van der Waals surface area contributed by atoms with Crippen LogP contribution in [0.4, 0.5) is 0 Å². The van der Waals surface area contributed by atoms with Gasteiger partial charge >= 0.3 is 0 Å². The molecule has 0 amide bonds. The Morgan fingerprint density at radius 1 is 1.77 bits per heavy atom. The average Bonchev–Trinajstić information content (AvgIpc) is 2.76. The van der Waals surface area contributed by atoms with Gasteiger partial charge in [0.1, 0.15) is 5.01 Å². The summed E-state index contributed by atoms with van der Waals surface area (Å²) < 4.78 is 0. The first-order chi connectivity index (χ1) is 6.38. The van der Waals surface area contributed by atoms with Crippen LogP contribution in [0.3, 0.4) is 0 Å². The van der Waals surface area contributed by atoms with E-state index in [1.54, 1.807) is 11.3 Å². The molecule has 72 valence electrons. The van der Waals surface area contributed by atoms with E-state index in [1.807, 2.05) is 18.6 Å². The second-order valence-electron chi connectivity index (χ2n) is 3.44. The van der Waals surface area contributed by atoms with E-state index in [2.05, 4.69) is 15.2 Å². The molecule has 1 atom stereocenters. The minimum absolute atomic E-state index is 0.681. The third-order valence-corrected chi connectivity index (χ3v) is 3.29. The van der Waals surface area contributed by atoms with E-state index >= 15 is 0 Å². The summed E-state index contributed by atoms with van der Waals surface area (Å²) >= 11 is 1.75. The maximum atomic E-state index is 4.29. The Morgan fingerprint density at radius 2 is 2.69 bits per heavy atom. The number of thiazole rings is 1. The molecule has 3 nitrogen and oxygen atoms in total. The largest absolute Gasteiger partial charge is 0.316 e. The van der Waals surface area contributed by atoms with E-state index in [0.29, 0.717) is 6.04 Å². The van der Waals surface area contributed by atoms with Gasteiger partial charge in [-0.2, -0.15) is 0 Å². The Labute approximate surface area is 82.8 Å². The summed E-state index contributed by atoms with van der Waals surface area (Å²) in [5, 5.41) is 6.59. The Bertz CT molecular complexity index is 247. The molecule has 1 unspecified atom stereocenters. The smallest absolute Gasteiger partial charge is 0.107 e. The van der Waals surface area contributed by atoms with Crippen molar-refractivity contribution in [3.05, 3.63) is 16.6 Å². The third-order valence-electron chi connectivity index (χ3n) is 2.52. The minimum atomic E-state index is 0.681. The highest BCUT2D eigenvalue weighted by Crippen LogP contribution is 2.14. The summed E-state index contributed by atoms with van der Waals surface area (Å²) in [6, 6.07) is 0.681. The van der Waals surface area contributed by atoms with Crippen LogP contribution < -0.4 is 5.32 Å². The van der Waals surface area contributed by atoms with Crippen molar-refractivity contribution in [2.75, 3.05) is 20.1 Å². The van der Waals surface area contributed by atoms with Crippen LogP contribution in [0.25, 0.3) is 0 Å². The van der Waals surface area contributed by atoms with Gasteiger partial charge in [-0.15, -0.1) is 11.3 Å². The number of likely N-dealkylation sites (tertiary alicyclic amines) is 1. The first-order valence-corrected chi connectivity index (χ1v) is 5.54. The summed E-state index contributed by atoms with van der Waals surface area (Å²) in [4.78, 5) is 6.75. The van der Waals surface area contributed by atoms with Crippen LogP contribution in [0.5, 0.6) is 0 Å². The number of hydrogen-bond acceptors (Lipinski definition) is 4. The number of nitrogens with zero attached hydrogens (tertiary/aromatic N) is 2. The van der Waals surface area contributed by atoms with Crippen LogP contribution in [-0.2, 0) is 6.54 Å². The molecule has 1 N–H and O–H groups in total. The molecule has 0 aromatic carbocycles. The van der Waals surface area contributed by atoms with Gasteiger partial charge in [0.2, 0.25) is 0 Å². The van der Waals surface area contributed by atoms with Gasteiger partial charge in [0.05, 0.1) is 6.54 Å². The molecule has 13 heavy (non-hydrogen) atoms. The molecule has 1 aromatic rings. The van der Waals surface area contributed by atoms with Gasteiger partial charge in [0, 0.05) is 30.7 Å². The maximum Gasteiger partial charge on any atom is 0.107 e. The zero-order chi connectivity index (χ0) is 9.10. The van der Waals surface area contributed by atoms with Crippen molar-refractivity contribution < 1.29 is 0 Å². The molecule has 1 aliphatic heterocycles. The first kappa shape index (κ1) is 9.12. The van der Waals surface area contributed by atoms with Gasteiger partial charge in [-0.3, -0.25) is 4.90 Å². The van der Waals surface area contributed by atoms with E-state index in [-0.39, 0.29) is 0 Å². The van der Waals surface area contributed by atoms with Crippen LogP contribution in [0.2, 0.25) is 0 Å². The maximum absolute atomic E-state index is 4.29. The van der Waals surface area contributed by atoms with Crippen LogP contribution in [-0.4, -0.2) is 36.1 Å². The van der Waals surface area contributed by atoms with Gasteiger partial charge < -0.3 is 5.32 Å². The highest BCUT2D eigenvalue weighted by molar-refractivity contribution is 7.09. The van der Waals surface area contributed by atoms with Gasteiger partial charge in [0.25, 0.3) is 0 Å². The van der Waals surface area contributed by atoms with Gasteiger partial charge in [0.15, 0.2) is 0 Å². The van der Waals surface area contributed by atoms with E-state index in [9.17, 15) is 0 Å². The molecule has 1 saturated heterocycles. The zero-order valence-electron chi connectivity index (χ0n) is 7.86. The van der Waals surface area contributed by atoms with Crippen molar-refractivity contribution in [2.45, 2.75) is 19.0 Å². The summed E-state index contributed by atoms with van der Waals surface area (Å²) in [6.07, 6.45) is 3.15. The Hall–Kier alpha value is -0.450. The van der Waals surface area contributed by atoms with Gasteiger partial charge in [-0.05, 0) is 13.5 Å². The fourth-order valence-corrected chi connectivity index (χ4v) is 2.39. The SMILES string of the molecule is CNC1CCN(Cc2nccs2)C1. The van der Waals surface area contributed by atoms with Crippen LogP contribution in [0.1, 0.15) is 11.4 Å². The fourth-order valence-electron chi connectivity index (χ4n) is 1.73. The molecule has 1 fully saturated rings. The van der Waals surface area contributed by atoms with E-state index in [0.717, 1.165) is 13.1 Å². The van der Waals surface area contributed by atoms with Crippen molar-refractivity contribution in [3.63, 3.8) is 0 Å². The number of rotatable bonds is 3. The molecule has 1 aromatic heterocycles. The highest BCUT2D eigenvalue weighted by atomic mass is 32.1. The topological polar surface area (TPSA) is 28.2 Å². The number of hydrogen-bond donors (Lipinski definition) is 1. The summed E-state index contributed by atoms with van der Waals surface area (Å²) in [5.74, 6) is 0. The first-order valence-electron chi connectivity index (χ1n) is 4.66. The third kappa shape index (κ3) is 2.27. The highest BCUT2D eigenvalue weighted by Gasteiger charge is 2.20. The molecule has 0 spiro atoms. The zero-order valence-corrected chi connectivity index (χ0v) is 8.68. The summed E-state index contributed by atoms with van der Waals surface area (Å²) in [5.41, 5.74) is 0. The molecule has 0 saturated carbocycles. The Balaban J connectivity index is 1.84. The predicted octanol–water partition coefficient (Wildman–Crippen LogP) is 0.937. The van der Waals surface area contributed by atoms with Crippen molar-refractivity contribution in [2.24, 2.45) is 0 Å². The van der Waals surface area contributed by atoms with E-state index in [1.165, 1.54) is 18.0 Å². The van der Waals surface area contributed by atoms with Crippen molar-refractivity contribution >= 4 is 11.3 Å². The molecule has 2 rings (SSSR count). The average molecular weight is 197 g/mol. The summed E-state index contributed by atoms with van der Waals surface area (Å²) in [7, 11) is 2.04. The van der Waals surface area contributed by atoms with E-state index < -0.39 is 0 Å².